The standard InChI is InChI=1S/C24H29N3O3.C18H24ClN3O2.C6H7BO3.2CH4/c1-2-24(11-5-12-24)16-30-21-14-20(17-7-9-18(28)10-8-17)26-23-19(21)15-25-27(23)22-6-3-4-13-29-22;1-2-18(7-5-8-18)12-24-14-10-15(19)21-17-13(14)11-20-22(17)16-6-3-4-9-23-16;8-6-3-1-5(2-4-6)7(9)10;;/h7-10,14-15,22,28H,2-6,11-13,16H2,1H3;10-11,16H,2-9,12H2,1H3;1-4,8-10H;2*1H4. The maximum atomic E-state index is 9.67. The molecule has 2 aliphatic heterocycles. The third-order valence-corrected chi connectivity index (χ3v) is 13.8. The van der Waals surface area contributed by atoms with E-state index in [9.17, 15) is 5.11 Å². The molecule has 14 nitrogen and oxygen atoms in total. The van der Waals surface area contributed by atoms with E-state index in [1.54, 1.807) is 18.2 Å². The normalized spacial score (nSPS) is 19.3. The summed E-state index contributed by atoms with van der Waals surface area (Å²) in [5, 5.41) is 47.1. The third-order valence-electron chi connectivity index (χ3n) is 13.6. The van der Waals surface area contributed by atoms with E-state index in [2.05, 4.69) is 29.0 Å². The summed E-state index contributed by atoms with van der Waals surface area (Å²) in [6.07, 6.45) is 19.8. The fraction of sp³-hybridized carbons (Fsp3) is 0.520. The van der Waals surface area contributed by atoms with Gasteiger partial charge in [-0.15, -0.1) is 0 Å². The number of ether oxygens (including phenoxy) is 4. The van der Waals surface area contributed by atoms with Gasteiger partial charge in [-0.1, -0.05) is 65.3 Å². The summed E-state index contributed by atoms with van der Waals surface area (Å²) in [5.74, 6) is 1.97. The highest BCUT2D eigenvalue weighted by Crippen LogP contribution is 2.46. The van der Waals surface area contributed by atoms with Crippen LogP contribution in [0, 0.1) is 10.8 Å². The largest absolute Gasteiger partial charge is 0.508 e. The predicted molar refractivity (Wildman–Crippen MR) is 260 cm³/mol. The van der Waals surface area contributed by atoms with Crippen molar-refractivity contribution in [2.75, 3.05) is 26.4 Å². The van der Waals surface area contributed by atoms with E-state index >= 15 is 0 Å². The summed E-state index contributed by atoms with van der Waals surface area (Å²) < 4.78 is 28.2. The molecule has 0 radical (unpaired) electrons. The van der Waals surface area contributed by atoms with Crippen molar-refractivity contribution in [1.29, 1.82) is 0 Å². The van der Waals surface area contributed by atoms with Crippen molar-refractivity contribution in [3.05, 3.63) is 78.2 Å². The van der Waals surface area contributed by atoms with Crippen LogP contribution in [0.5, 0.6) is 23.0 Å². The van der Waals surface area contributed by atoms with Crippen LogP contribution in [0.15, 0.2) is 73.1 Å². The number of phenols is 2. The molecule has 2 aromatic carbocycles. The van der Waals surface area contributed by atoms with Gasteiger partial charge in [-0.25, -0.2) is 19.3 Å². The van der Waals surface area contributed by atoms with E-state index in [4.69, 9.17) is 50.7 Å². The maximum absolute atomic E-state index is 9.67. The van der Waals surface area contributed by atoms with Crippen LogP contribution < -0.4 is 14.9 Å². The van der Waals surface area contributed by atoms with Crippen molar-refractivity contribution in [1.82, 2.24) is 29.5 Å². The van der Waals surface area contributed by atoms with E-state index in [0.717, 1.165) is 123 Å². The number of fused-ring (bicyclic) bond motifs is 2. The van der Waals surface area contributed by atoms with Gasteiger partial charge in [0.05, 0.1) is 42.1 Å². The minimum atomic E-state index is -1.46. The fourth-order valence-electron chi connectivity index (χ4n) is 8.88. The average molecular weight is 927 g/mol. The molecule has 4 fully saturated rings. The summed E-state index contributed by atoms with van der Waals surface area (Å²) in [6.45, 7) is 7.49. The van der Waals surface area contributed by atoms with Crippen molar-refractivity contribution in [2.45, 2.75) is 131 Å². The van der Waals surface area contributed by atoms with Gasteiger partial charge in [-0.05, 0) is 119 Å². The molecule has 66 heavy (non-hydrogen) atoms. The second-order valence-corrected chi connectivity index (χ2v) is 18.1. The van der Waals surface area contributed by atoms with Gasteiger partial charge in [0.25, 0.3) is 0 Å². The number of benzene rings is 2. The number of halogens is 1. The van der Waals surface area contributed by atoms with E-state index in [1.807, 2.05) is 40.0 Å². The average Bonchev–Trinajstić information content (AvgIpc) is 3.92. The smallest absolute Gasteiger partial charge is 0.488 e. The highest BCUT2D eigenvalue weighted by molar-refractivity contribution is 6.58. The van der Waals surface area contributed by atoms with Gasteiger partial charge in [0, 0.05) is 41.7 Å². The van der Waals surface area contributed by atoms with Crippen LogP contribution in [-0.4, -0.2) is 83.3 Å². The number of rotatable bonds is 12. The summed E-state index contributed by atoms with van der Waals surface area (Å²) in [7, 11) is -1.46. The van der Waals surface area contributed by atoms with Crippen molar-refractivity contribution in [3.8, 4) is 34.3 Å². The quantitative estimate of drug-likeness (QED) is 0.0675. The SMILES string of the molecule is C.C.CCC1(COc2cc(-c3ccc(O)cc3)nc3c2cnn3C2CCCCO2)CCC1.CCC1(COc2cc(Cl)nc3c2cnn3C2CCCCO2)CCC1.OB(O)c1ccc(O)cc1. The van der Waals surface area contributed by atoms with Gasteiger partial charge in [0.2, 0.25) is 0 Å². The maximum Gasteiger partial charge on any atom is 0.488 e. The van der Waals surface area contributed by atoms with E-state index in [1.165, 1.54) is 62.8 Å². The Kier molecular flexibility index (Phi) is 17.4. The first-order chi connectivity index (χ1) is 31.1. The topological polar surface area (TPSA) is 179 Å². The molecular weight excluding hydrogens is 859 g/mol. The second-order valence-electron chi connectivity index (χ2n) is 17.7. The molecule has 2 aliphatic carbocycles. The Bertz CT molecular complexity index is 2430. The number of pyridine rings is 2. The van der Waals surface area contributed by atoms with Crippen LogP contribution in [0.2, 0.25) is 5.15 Å². The molecule has 10 rings (SSSR count). The molecule has 16 heteroatoms. The van der Waals surface area contributed by atoms with Gasteiger partial charge in [-0.2, -0.15) is 10.2 Å². The number of hydrogen-bond donors (Lipinski definition) is 4. The third kappa shape index (κ3) is 11.6. The highest BCUT2D eigenvalue weighted by atomic mass is 35.5. The number of aromatic nitrogens is 6. The van der Waals surface area contributed by atoms with Gasteiger partial charge in [0.1, 0.15) is 28.2 Å². The molecular formula is C50H68BClN6O8. The van der Waals surface area contributed by atoms with Gasteiger partial charge < -0.3 is 39.2 Å². The van der Waals surface area contributed by atoms with Crippen LogP contribution in [0.3, 0.4) is 0 Å². The Labute approximate surface area is 394 Å². The summed E-state index contributed by atoms with van der Waals surface area (Å²) in [4.78, 5) is 9.40. The Hall–Kier alpha value is -4.93. The fourth-order valence-corrected chi connectivity index (χ4v) is 9.06. The number of nitrogens with zero attached hydrogens (tertiary/aromatic N) is 6. The van der Waals surface area contributed by atoms with Gasteiger partial charge >= 0.3 is 7.12 Å². The molecule has 2 atom stereocenters. The molecule has 4 N–H and O–H groups in total. The molecule has 4 aromatic heterocycles. The Morgan fingerprint density at radius 1 is 0.667 bits per heavy atom. The molecule has 2 saturated heterocycles. The lowest BCUT2D eigenvalue weighted by atomic mass is 9.68. The zero-order valence-corrected chi connectivity index (χ0v) is 37.6. The van der Waals surface area contributed by atoms with E-state index in [-0.39, 0.29) is 38.8 Å². The summed E-state index contributed by atoms with van der Waals surface area (Å²) in [5.41, 5.74) is 4.31. The van der Waals surface area contributed by atoms with Gasteiger partial charge in [0.15, 0.2) is 23.8 Å². The molecule has 6 aromatic rings. The molecule has 0 bridgehead atoms. The Balaban J connectivity index is 0.000000179. The van der Waals surface area contributed by atoms with Crippen LogP contribution in [-0.2, 0) is 9.47 Å². The number of hydrogen-bond acceptors (Lipinski definition) is 12. The predicted octanol–water partition coefficient (Wildman–Crippen LogP) is 10.5. The van der Waals surface area contributed by atoms with Crippen LogP contribution in [0.4, 0.5) is 0 Å². The first kappa shape index (κ1) is 50.5. The minimum Gasteiger partial charge on any atom is -0.508 e. The summed E-state index contributed by atoms with van der Waals surface area (Å²) >= 11 is 6.25. The Morgan fingerprint density at radius 2 is 1.14 bits per heavy atom. The first-order valence-electron chi connectivity index (χ1n) is 22.9. The molecule has 356 valence electrons. The number of aromatic hydroxyl groups is 2. The molecule has 2 unspecified atom stereocenters. The lowest BCUT2D eigenvalue weighted by Gasteiger charge is -2.40. The monoisotopic (exact) mass is 926 g/mol. The molecule has 4 aliphatic rings. The van der Waals surface area contributed by atoms with E-state index in [0.29, 0.717) is 21.4 Å². The van der Waals surface area contributed by atoms with E-state index < -0.39 is 7.12 Å². The lowest BCUT2D eigenvalue weighted by Crippen LogP contribution is -2.35. The van der Waals surface area contributed by atoms with Crippen molar-refractivity contribution >= 4 is 46.2 Å². The highest BCUT2D eigenvalue weighted by Gasteiger charge is 2.37. The van der Waals surface area contributed by atoms with Crippen LogP contribution in [0.1, 0.15) is 131 Å². The lowest BCUT2D eigenvalue weighted by molar-refractivity contribution is -0.0371. The Morgan fingerprint density at radius 3 is 1.56 bits per heavy atom. The van der Waals surface area contributed by atoms with Gasteiger partial charge in [-0.3, -0.25) is 0 Å². The first-order valence-corrected chi connectivity index (χ1v) is 23.3. The minimum absolute atomic E-state index is 0. The van der Waals surface area contributed by atoms with Crippen LogP contribution in [0.25, 0.3) is 33.3 Å². The number of phenolic OH excluding ortho intramolecular Hbond substituents is 2. The molecule has 2 saturated carbocycles. The zero-order chi connectivity index (χ0) is 44.7. The molecule has 0 spiro atoms. The van der Waals surface area contributed by atoms with Crippen LogP contribution >= 0.6 is 11.6 Å². The zero-order valence-electron chi connectivity index (χ0n) is 36.9. The van der Waals surface area contributed by atoms with Crippen molar-refractivity contribution in [3.63, 3.8) is 0 Å². The molecule has 0 amide bonds. The second kappa shape index (κ2) is 22.7. The summed E-state index contributed by atoms with van der Waals surface area (Å²) in [6, 6.07) is 16.6. The van der Waals surface area contributed by atoms with Crippen molar-refractivity contribution < 1.29 is 39.2 Å². The van der Waals surface area contributed by atoms with Crippen molar-refractivity contribution in [2.24, 2.45) is 10.8 Å². The molecule has 6 heterocycles.